The van der Waals surface area contributed by atoms with Crippen LogP contribution in [0.15, 0.2) is 47.6 Å². The van der Waals surface area contributed by atoms with Gasteiger partial charge in [0.05, 0.1) is 11.6 Å². The van der Waals surface area contributed by atoms with Crippen molar-refractivity contribution < 1.29 is 4.74 Å². The molecular weight excluding hydrogens is 513 g/mol. The highest BCUT2D eigenvalue weighted by molar-refractivity contribution is 14.0. The third kappa shape index (κ3) is 7.19. The van der Waals surface area contributed by atoms with Gasteiger partial charge in [0.2, 0.25) is 0 Å². The molecule has 1 aliphatic rings. The maximum atomic E-state index is 6.16. The zero-order valence-corrected chi connectivity index (χ0v) is 20.9. The summed E-state index contributed by atoms with van der Waals surface area (Å²) < 4.78 is 5.91. The van der Waals surface area contributed by atoms with E-state index in [1.54, 1.807) is 7.05 Å². The molecule has 0 amide bonds. The molecule has 1 aromatic heterocycles. The summed E-state index contributed by atoms with van der Waals surface area (Å²) in [4.78, 5) is 11.2. The number of pyridine rings is 1. The van der Waals surface area contributed by atoms with Gasteiger partial charge in [-0.25, -0.2) is 4.98 Å². The number of anilines is 1. The Labute approximate surface area is 201 Å². The van der Waals surface area contributed by atoms with Crippen LogP contribution >= 0.6 is 35.6 Å². The summed E-state index contributed by atoms with van der Waals surface area (Å²) in [6.45, 7) is 6.67. The first-order valence-corrected chi connectivity index (χ1v) is 10.5. The van der Waals surface area contributed by atoms with Gasteiger partial charge in [-0.3, -0.25) is 4.99 Å². The van der Waals surface area contributed by atoms with Crippen molar-refractivity contribution in [1.82, 2.24) is 15.6 Å². The van der Waals surface area contributed by atoms with Crippen LogP contribution < -0.4 is 20.3 Å². The highest BCUT2D eigenvalue weighted by atomic mass is 127. The predicted molar refractivity (Wildman–Crippen MR) is 136 cm³/mol. The number of piperidine rings is 1. The summed E-state index contributed by atoms with van der Waals surface area (Å²) in [5.41, 5.74) is 1.19. The van der Waals surface area contributed by atoms with Gasteiger partial charge in [-0.05, 0) is 50.5 Å². The molecule has 3 rings (SSSR count). The number of halogens is 2. The minimum Gasteiger partial charge on any atom is -0.487 e. The highest BCUT2D eigenvalue weighted by Gasteiger charge is 2.21. The first kappa shape index (κ1) is 24.5. The summed E-state index contributed by atoms with van der Waals surface area (Å²) in [5, 5.41) is 7.50. The minimum absolute atomic E-state index is 0. The van der Waals surface area contributed by atoms with Crippen molar-refractivity contribution in [1.29, 1.82) is 0 Å². The summed E-state index contributed by atoms with van der Waals surface area (Å²) in [5.74, 6) is 2.55. The fourth-order valence-corrected chi connectivity index (χ4v) is 3.51. The van der Waals surface area contributed by atoms with Crippen LogP contribution in [-0.2, 0) is 0 Å². The van der Waals surface area contributed by atoms with Crippen LogP contribution in [-0.4, -0.2) is 49.8 Å². The normalized spacial score (nSPS) is 15.9. The van der Waals surface area contributed by atoms with Gasteiger partial charge in [-0.15, -0.1) is 24.0 Å². The topological polar surface area (TPSA) is 61.8 Å². The van der Waals surface area contributed by atoms with E-state index < -0.39 is 0 Å². The molecule has 2 aromatic rings. The number of nitrogens with one attached hydrogen (secondary N) is 2. The van der Waals surface area contributed by atoms with Crippen LogP contribution in [0.4, 0.5) is 5.82 Å². The van der Waals surface area contributed by atoms with Crippen molar-refractivity contribution in [3.05, 3.63) is 53.2 Å². The maximum Gasteiger partial charge on any atom is 0.191 e. The molecule has 1 aromatic carbocycles. The van der Waals surface area contributed by atoms with E-state index in [-0.39, 0.29) is 30.1 Å². The Balaban J connectivity index is 0.00000320. The van der Waals surface area contributed by atoms with Crippen molar-refractivity contribution >= 4 is 47.4 Å². The van der Waals surface area contributed by atoms with Crippen molar-refractivity contribution in [2.75, 3.05) is 31.6 Å². The fourth-order valence-electron chi connectivity index (χ4n) is 3.33. The molecule has 1 aliphatic heterocycles. The Hall–Kier alpha value is -1.74. The monoisotopic (exact) mass is 543 g/mol. The molecular formula is C22H31ClIN5O. The molecule has 30 heavy (non-hydrogen) atoms. The number of para-hydroxylation sites is 1. The van der Waals surface area contributed by atoms with E-state index in [0.29, 0.717) is 23.4 Å². The Morgan fingerprint density at radius 1 is 1.27 bits per heavy atom. The SMILES string of the molecule is CN=C(NCC(C)Oc1ccccc1Cl)NC1CCN(c2ccc(C)cn2)CC1.I. The Bertz CT molecular complexity index is 809. The zero-order chi connectivity index (χ0) is 20.6. The lowest BCUT2D eigenvalue weighted by Crippen LogP contribution is -2.50. The second-order valence-electron chi connectivity index (χ2n) is 7.41. The molecule has 1 unspecified atom stereocenters. The predicted octanol–water partition coefficient (Wildman–Crippen LogP) is 4.26. The number of nitrogens with zero attached hydrogens (tertiary/aromatic N) is 3. The van der Waals surface area contributed by atoms with Crippen molar-refractivity contribution in [2.24, 2.45) is 4.99 Å². The molecule has 2 heterocycles. The van der Waals surface area contributed by atoms with Gasteiger partial charge < -0.3 is 20.3 Å². The first-order chi connectivity index (χ1) is 14.0. The number of aromatic nitrogens is 1. The van der Waals surface area contributed by atoms with Crippen LogP contribution in [0.2, 0.25) is 5.02 Å². The lowest BCUT2D eigenvalue weighted by atomic mass is 10.1. The zero-order valence-electron chi connectivity index (χ0n) is 17.8. The number of benzene rings is 1. The largest absolute Gasteiger partial charge is 0.487 e. The Morgan fingerprint density at radius 3 is 2.63 bits per heavy atom. The van der Waals surface area contributed by atoms with Gasteiger partial charge >= 0.3 is 0 Å². The quantitative estimate of drug-likeness (QED) is 0.324. The smallest absolute Gasteiger partial charge is 0.191 e. The second-order valence-corrected chi connectivity index (χ2v) is 7.82. The number of guanidine groups is 1. The molecule has 0 aliphatic carbocycles. The maximum absolute atomic E-state index is 6.16. The van der Waals surface area contributed by atoms with Crippen molar-refractivity contribution in [3.63, 3.8) is 0 Å². The number of hydrogen-bond acceptors (Lipinski definition) is 4. The lowest BCUT2D eigenvalue weighted by Gasteiger charge is -2.34. The average molecular weight is 544 g/mol. The number of aryl methyl sites for hydroxylation is 1. The van der Waals surface area contributed by atoms with Gasteiger partial charge in [0.25, 0.3) is 0 Å². The molecule has 164 valence electrons. The van der Waals surface area contributed by atoms with E-state index in [1.165, 1.54) is 5.56 Å². The highest BCUT2D eigenvalue weighted by Crippen LogP contribution is 2.24. The third-order valence-corrected chi connectivity index (χ3v) is 5.31. The van der Waals surface area contributed by atoms with Crippen LogP contribution in [0, 0.1) is 6.92 Å². The molecule has 1 saturated heterocycles. The molecule has 0 bridgehead atoms. The summed E-state index contributed by atoms with van der Waals surface area (Å²) >= 11 is 6.16. The molecule has 8 heteroatoms. The minimum atomic E-state index is -0.0390. The van der Waals surface area contributed by atoms with Crippen molar-refractivity contribution in [3.8, 4) is 5.75 Å². The van der Waals surface area contributed by atoms with Gasteiger partial charge in [0.1, 0.15) is 17.7 Å². The van der Waals surface area contributed by atoms with Crippen LogP contribution in [0.25, 0.3) is 0 Å². The summed E-state index contributed by atoms with van der Waals surface area (Å²) in [6.07, 6.45) is 3.98. The number of rotatable bonds is 6. The number of aliphatic imine (C=N–C) groups is 1. The van der Waals surface area contributed by atoms with E-state index in [0.717, 1.165) is 37.7 Å². The van der Waals surface area contributed by atoms with Gasteiger partial charge in [-0.2, -0.15) is 0 Å². The van der Waals surface area contributed by atoms with Crippen LogP contribution in [0.3, 0.4) is 0 Å². The fraction of sp³-hybridized carbons (Fsp3) is 0.455. The number of hydrogen-bond donors (Lipinski definition) is 2. The Morgan fingerprint density at radius 2 is 2.00 bits per heavy atom. The molecule has 1 atom stereocenters. The van der Waals surface area contributed by atoms with Crippen LogP contribution in [0.1, 0.15) is 25.3 Å². The molecule has 0 saturated carbocycles. The standard InChI is InChI=1S/C22H30ClN5O.HI/c1-16-8-9-21(25-14-16)28-12-10-18(11-13-28)27-22(24-3)26-15-17(2)29-20-7-5-4-6-19(20)23;/h4-9,14,17-18H,10-13,15H2,1-3H3,(H2,24,26,27);1H. The van der Waals surface area contributed by atoms with E-state index in [9.17, 15) is 0 Å². The summed E-state index contributed by atoms with van der Waals surface area (Å²) in [6, 6.07) is 12.1. The average Bonchev–Trinajstić information content (AvgIpc) is 2.74. The van der Waals surface area contributed by atoms with Gasteiger partial charge in [-0.1, -0.05) is 29.8 Å². The van der Waals surface area contributed by atoms with E-state index in [4.69, 9.17) is 16.3 Å². The van der Waals surface area contributed by atoms with E-state index >= 15 is 0 Å². The molecule has 0 radical (unpaired) electrons. The van der Waals surface area contributed by atoms with Crippen molar-refractivity contribution in [2.45, 2.75) is 38.8 Å². The summed E-state index contributed by atoms with van der Waals surface area (Å²) in [7, 11) is 1.79. The molecule has 2 N–H and O–H groups in total. The number of ether oxygens (including phenoxy) is 1. The van der Waals surface area contributed by atoms with Gasteiger partial charge in [0.15, 0.2) is 5.96 Å². The molecule has 0 spiro atoms. The third-order valence-electron chi connectivity index (χ3n) is 5.00. The van der Waals surface area contributed by atoms with E-state index in [1.807, 2.05) is 37.4 Å². The van der Waals surface area contributed by atoms with Crippen LogP contribution in [0.5, 0.6) is 5.75 Å². The lowest BCUT2D eigenvalue weighted by molar-refractivity contribution is 0.224. The van der Waals surface area contributed by atoms with Gasteiger partial charge in [0, 0.05) is 32.4 Å². The Kier molecular flexibility index (Phi) is 9.97. The second kappa shape index (κ2) is 12.2. The first-order valence-electron chi connectivity index (χ1n) is 10.1. The molecule has 6 nitrogen and oxygen atoms in total. The molecule has 1 fully saturated rings. The van der Waals surface area contributed by atoms with E-state index in [2.05, 4.69) is 44.6 Å².